The van der Waals surface area contributed by atoms with Crippen molar-refractivity contribution in [3.63, 3.8) is 0 Å². The van der Waals surface area contributed by atoms with E-state index in [1.54, 1.807) is 0 Å². The molecule has 94 valence electrons. The van der Waals surface area contributed by atoms with Crippen molar-refractivity contribution in [1.29, 1.82) is 0 Å². The Kier molecular flexibility index (Phi) is 3.00. The Morgan fingerprint density at radius 2 is 1.75 bits per heavy atom. The van der Waals surface area contributed by atoms with Gasteiger partial charge in [-0.05, 0) is 33.6 Å². The summed E-state index contributed by atoms with van der Waals surface area (Å²) >= 11 is 0. The smallest absolute Gasteiger partial charge is 0.417 e. The van der Waals surface area contributed by atoms with E-state index in [-0.39, 0.29) is 0 Å². The molecule has 0 saturated heterocycles. The monoisotopic (exact) mass is 240 g/mol. The number of alkyl halides is 3. The zero-order chi connectivity index (χ0) is 12.8. The fourth-order valence-corrected chi connectivity index (χ4v) is 1.87. The van der Waals surface area contributed by atoms with Gasteiger partial charge in [0.1, 0.15) is 0 Å². The SMILES string of the molecule is CC(C)(C)OC1(C(F)(F)F)CC(C(=O)O)C1. The number of ether oxygens (including phenoxy) is 1. The Balaban J connectivity index is 2.80. The predicted octanol–water partition coefficient (Wildman–Crippen LogP) is 2.60. The highest BCUT2D eigenvalue weighted by Crippen LogP contribution is 2.52. The Labute approximate surface area is 91.6 Å². The largest absolute Gasteiger partial charge is 0.481 e. The van der Waals surface area contributed by atoms with Crippen LogP contribution in [0.3, 0.4) is 0 Å². The highest BCUT2D eigenvalue weighted by atomic mass is 19.4. The van der Waals surface area contributed by atoms with E-state index in [2.05, 4.69) is 0 Å². The summed E-state index contributed by atoms with van der Waals surface area (Å²) in [6, 6.07) is 0. The van der Waals surface area contributed by atoms with Gasteiger partial charge in [-0.25, -0.2) is 0 Å². The van der Waals surface area contributed by atoms with Gasteiger partial charge in [0.25, 0.3) is 0 Å². The van der Waals surface area contributed by atoms with Crippen LogP contribution in [-0.4, -0.2) is 28.5 Å². The second-order valence-corrected chi connectivity index (χ2v) is 5.15. The summed E-state index contributed by atoms with van der Waals surface area (Å²) in [6.07, 6.45) is -5.52. The molecule has 0 radical (unpaired) electrons. The molecule has 0 unspecified atom stereocenters. The lowest BCUT2D eigenvalue weighted by Crippen LogP contribution is -2.61. The van der Waals surface area contributed by atoms with E-state index in [1.807, 2.05) is 0 Å². The maximum Gasteiger partial charge on any atom is 0.417 e. The van der Waals surface area contributed by atoms with Crippen LogP contribution >= 0.6 is 0 Å². The quantitative estimate of drug-likeness (QED) is 0.807. The lowest BCUT2D eigenvalue weighted by atomic mass is 9.70. The maximum absolute atomic E-state index is 12.8. The van der Waals surface area contributed by atoms with Gasteiger partial charge in [-0.1, -0.05) is 0 Å². The first-order chi connectivity index (χ1) is 6.97. The van der Waals surface area contributed by atoms with Crippen molar-refractivity contribution in [3.8, 4) is 0 Å². The molecule has 1 N–H and O–H groups in total. The van der Waals surface area contributed by atoms with Gasteiger partial charge >= 0.3 is 12.1 Å². The first-order valence-electron chi connectivity index (χ1n) is 4.97. The molecule has 0 aromatic carbocycles. The van der Waals surface area contributed by atoms with E-state index >= 15 is 0 Å². The van der Waals surface area contributed by atoms with Crippen LogP contribution in [-0.2, 0) is 9.53 Å². The highest BCUT2D eigenvalue weighted by Gasteiger charge is 2.66. The Morgan fingerprint density at radius 1 is 1.31 bits per heavy atom. The molecule has 1 saturated carbocycles. The average molecular weight is 240 g/mol. The van der Waals surface area contributed by atoms with Crippen LogP contribution in [0.15, 0.2) is 0 Å². The standard InChI is InChI=1S/C10H15F3O3/c1-8(2,3)16-9(10(11,12)13)4-6(5-9)7(14)15/h6H,4-5H2,1-3H3,(H,14,15). The Morgan fingerprint density at radius 3 is 2.00 bits per heavy atom. The fourth-order valence-electron chi connectivity index (χ4n) is 1.87. The lowest BCUT2D eigenvalue weighted by Gasteiger charge is -2.49. The summed E-state index contributed by atoms with van der Waals surface area (Å²) in [5, 5.41) is 8.61. The molecule has 0 aromatic heterocycles. The molecular weight excluding hydrogens is 225 g/mol. The molecule has 0 bridgehead atoms. The molecule has 0 amide bonds. The Bertz CT molecular complexity index is 285. The first kappa shape index (κ1) is 13.3. The molecule has 1 aliphatic rings. The van der Waals surface area contributed by atoms with E-state index in [9.17, 15) is 18.0 Å². The number of halogens is 3. The third-order valence-corrected chi connectivity index (χ3v) is 2.52. The van der Waals surface area contributed by atoms with Gasteiger partial charge in [-0.15, -0.1) is 0 Å². The number of carboxylic acids is 1. The molecule has 0 spiro atoms. The van der Waals surface area contributed by atoms with E-state index in [1.165, 1.54) is 20.8 Å². The topological polar surface area (TPSA) is 46.5 Å². The number of rotatable bonds is 2. The molecular formula is C10H15F3O3. The second kappa shape index (κ2) is 3.61. The minimum atomic E-state index is -4.52. The number of aliphatic carboxylic acids is 1. The van der Waals surface area contributed by atoms with Crippen molar-refractivity contribution in [1.82, 2.24) is 0 Å². The summed E-state index contributed by atoms with van der Waals surface area (Å²) in [7, 11) is 0. The minimum absolute atomic E-state index is 0.497. The molecule has 1 fully saturated rings. The van der Waals surface area contributed by atoms with Gasteiger partial charge < -0.3 is 9.84 Å². The molecule has 3 nitrogen and oxygen atoms in total. The molecule has 6 heteroatoms. The van der Waals surface area contributed by atoms with Crippen molar-refractivity contribution >= 4 is 5.97 Å². The zero-order valence-electron chi connectivity index (χ0n) is 9.39. The zero-order valence-corrected chi connectivity index (χ0v) is 9.39. The van der Waals surface area contributed by atoms with Gasteiger partial charge in [0.15, 0.2) is 5.60 Å². The molecule has 1 aliphatic carbocycles. The van der Waals surface area contributed by atoms with Crippen molar-refractivity contribution in [3.05, 3.63) is 0 Å². The number of carbonyl (C=O) groups is 1. The van der Waals surface area contributed by atoms with E-state index < -0.39 is 42.1 Å². The number of hydrogen-bond acceptors (Lipinski definition) is 2. The van der Waals surface area contributed by atoms with Crippen LogP contribution in [0.1, 0.15) is 33.6 Å². The van der Waals surface area contributed by atoms with Crippen LogP contribution in [0.5, 0.6) is 0 Å². The van der Waals surface area contributed by atoms with Gasteiger partial charge in [-0.2, -0.15) is 13.2 Å². The van der Waals surface area contributed by atoms with Crippen LogP contribution in [0, 0.1) is 5.92 Å². The summed E-state index contributed by atoms with van der Waals surface area (Å²) in [5.74, 6) is -2.15. The third-order valence-electron chi connectivity index (χ3n) is 2.52. The maximum atomic E-state index is 12.8. The summed E-state index contributed by atoms with van der Waals surface area (Å²) in [6.45, 7) is 4.57. The lowest BCUT2D eigenvalue weighted by molar-refractivity contribution is -0.338. The molecule has 0 atom stereocenters. The van der Waals surface area contributed by atoms with Gasteiger partial charge in [0.2, 0.25) is 0 Å². The molecule has 1 rings (SSSR count). The summed E-state index contributed by atoms with van der Waals surface area (Å²) in [5.41, 5.74) is -3.23. The molecule has 16 heavy (non-hydrogen) atoms. The number of carboxylic acid groups (broad SMARTS) is 1. The first-order valence-corrected chi connectivity index (χ1v) is 4.97. The van der Waals surface area contributed by atoms with Crippen molar-refractivity contribution in [2.24, 2.45) is 5.92 Å². The van der Waals surface area contributed by atoms with Crippen molar-refractivity contribution in [2.45, 2.75) is 51.0 Å². The minimum Gasteiger partial charge on any atom is -0.481 e. The fraction of sp³-hybridized carbons (Fsp3) is 0.900. The average Bonchev–Trinajstić information content (AvgIpc) is 1.90. The number of hydrogen-bond donors (Lipinski definition) is 1. The molecule has 0 heterocycles. The Hall–Kier alpha value is -0.780. The van der Waals surface area contributed by atoms with Crippen molar-refractivity contribution in [2.75, 3.05) is 0 Å². The van der Waals surface area contributed by atoms with Crippen LogP contribution in [0.2, 0.25) is 0 Å². The van der Waals surface area contributed by atoms with E-state index in [4.69, 9.17) is 9.84 Å². The van der Waals surface area contributed by atoms with Crippen LogP contribution < -0.4 is 0 Å². The molecule has 0 aliphatic heterocycles. The third kappa shape index (κ3) is 2.48. The van der Waals surface area contributed by atoms with E-state index in [0.29, 0.717) is 0 Å². The van der Waals surface area contributed by atoms with Crippen LogP contribution in [0.25, 0.3) is 0 Å². The molecule has 0 aromatic rings. The van der Waals surface area contributed by atoms with Gasteiger partial charge in [0.05, 0.1) is 11.5 Å². The summed E-state index contributed by atoms with van der Waals surface area (Å²) < 4.78 is 43.4. The normalized spacial score (nSPS) is 31.0. The van der Waals surface area contributed by atoms with Crippen molar-refractivity contribution < 1.29 is 27.8 Å². The highest BCUT2D eigenvalue weighted by molar-refractivity contribution is 5.71. The predicted molar refractivity (Wildman–Crippen MR) is 50.0 cm³/mol. The van der Waals surface area contributed by atoms with Gasteiger partial charge in [-0.3, -0.25) is 4.79 Å². The van der Waals surface area contributed by atoms with Crippen LogP contribution in [0.4, 0.5) is 13.2 Å². The summed E-state index contributed by atoms with van der Waals surface area (Å²) in [4.78, 5) is 10.5. The van der Waals surface area contributed by atoms with E-state index in [0.717, 1.165) is 0 Å². The second-order valence-electron chi connectivity index (χ2n) is 5.15. The van der Waals surface area contributed by atoms with Gasteiger partial charge in [0, 0.05) is 0 Å².